The maximum absolute atomic E-state index is 11.5. The molecule has 0 saturated heterocycles. The maximum Gasteiger partial charge on any atom is 0.301 e. The number of halogens is 1. The maximum atomic E-state index is 11.5. The van der Waals surface area contributed by atoms with Crippen molar-refractivity contribution in [2.24, 2.45) is 0 Å². The fourth-order valence-electron chi connectivity index (χ4n) is 4.70. The third-order valence-electron chi connectivity index (χ3n) is 6.98. The molecular weight excluding hydrogens is 502 g/mol. The van der Waals surface area contributed by atoms with Crippen molar-refractivity contribution in [3.63, 3.8) is 0 Å². The van der Waals surface area contributed by atoms with Crippen LogP contribution in [-0.2, 0) is 20.5 Å². The van der Waals surface area contributed by atoms with Crippen LogP contribution in [0, 0.1) is 0 Å². The fraction of sp³-hybridized carbons (Fsp3) is 0.310. The van der Waals surface area contributed by atoms with E-state index in [0.29, 0.717) is 40.2 Å². The number of carbonyl (C=O) groups is 2. The van der Waals surface area contributed by atoms with Gasteiger partial charge < -0.3 is 20.4 Å². The minimum Gasteiger partial charge on any atom is -0.426 e. The number of nitrogens with zero attached hydrogens (tertiary/aromatic N) is 2. The molecule has 2 heterocycles. The summed E-state index contributed by atoms with van der Waals surface area (Å²) in [4.78, 5) is 35.2. The summed E-state index contributed by atoms with van der Waals surface area (Å²) in [6, 6.07) is 17.8. The largest absolute Gasteiger partial charge is 0.426 e. The number of ether oxygens (including phenoxy) is 1. The van der Waals surface area contributed by atoms with Crippen LogP contribution in [0.15, 0.2) is 54.6 Å². The first-order chi connectivity index (χ1) is 18.0. The Bertz CT molecular complexity index is 1510. The topological polar surface area (TPSA) is 109 Å². The Morgan fingerprint density at radius 2 is 1.71 bits per heavy atom. The molecule has 38 heavy (non-hydrogen) atoms. The zero-order valence-electron chi connectivity index (χ0n) is 21.8. The van der Waals surface area contributed by atoms with Gasteiger partial charge in [-0.1, -0.05) is 48.0 Å². The predicted molar refractivity (Wildman–Crippen MR) is 147 cm³/mol. The van der Waals surface area contributed by atoms with Crippen molar-refractivity contribution in [2.75, 3.05) is 6.54 Å². The van der Waals surface area contributed by atoms with E-state index in [1.165, 1.54) is 12.5 Å². The molecule has 1 fully saturated rings. The second-order valence-corrected chi connectivity index (χ2v) is 10.8. The Hall–Kier alpha value is -3.91. The molecule has 196 valence electrons. The summed E-state index contributed by atoms with van der Waals surface area (Å²) < 4.78 is 5.93. The number of amides is 2. The number of aromatic amines is 1. The first kappa shape index (κ1) is 25.7. The van der Waals surface area contributed by atoms with Crippen LogP contribution in [0.25, 0.3) is 22.4 Å². The molecule has 8 nitrogen and oxygen atoms in total. The lowest BCUT2D eigenvalue weighted by atomic mass is 9.94. The molecule has 2 aromatic heterocycles. The molecule has 1 aliphatic carbocycles. The molecule has 0 radical (unpaired) electrons. The molecule has 5 rings (SSSR count). The van der Waals surface area contributed by atoms with Gasteiger partial charge in [0.05, 0.1) is 21.8 Å². The molecule has 0 aliphatic heterocycles. The number of aromatic nitrogens is 3. The van der Waals surface area contributed by atoms with Gasteiger partial charge in [0, 0.05) is 31.4 Å². The van der Waals surface area contributed by atoms with Crippen molar-refractivity contribution in [3.05, 3.63) is 70.7 Å². The third-order valence-corrected chi connectivity index (χ3v) is 7.27. The van der Waals surface area contributed by atoms with Crippen LogP contribution in [0.2, 0.25) is 5.02 Å². The quantitative estimate of drug-likeness (QED) is 0.274. The SMILES string of the molecule is CC(=O)NCC1(c2ccc(-c3nc4nc(Oc5ccc(C(C)(C)NC(C)=O)cc5)[nH]c4cc3Cl)cc2)CC1. The van der Waals surface area contributed by atoms with Gasteiger partial charge in [0.1, 0.15) is 5.75 Å². The number of nitrogens with one attached hydrogen (secondary N) is 3. The van der Waals surface area contributed by atoms with Gasteiger partial charge in [-0.2, -0.15) is 4.98 Å². The lowest BCUT2D eigenvalue weighted by Gasteiger charge is -2.26. The minimum atomic E-state index is -0.496. The van der Waals surface area contributed by atoms with E-state index in [4.69, 9.17) is 21.3 Å². The molecule has 0 bridgehead atoms. The van der Waals surface area contributed by atoms with Crippen molar-refractivity contribution in [1.82, 2.24) is 25.6 Å². The van der Waals surface area contributed by atoms with E-state index in [0.717, 1.165) is 24.0 Å². The van der Waals surface area contributed by atoms with Crippen molar-refractivity contribution in [1.29, 1.82) is 0 Å². The number of benzene rings is 2. The minimum absolute atomic E-state index is 0.0116. The van der Waals surface area contributed by atoms with Gasteiger partial charge in [0.2, 0.25) is 11.8 Å². The molecule has 0 atom stereocenters. The molecule has 0 unspecified atom stereocenters. The molecule has 2 aromatic carbocycles. The van der Waals surface area contributed by atoms with Gasteiger partial charge in [-0.15, -0.1) is 0 Å². The van der Waals surface area contributed by atoms with Crippen LogP contribution in [0.1, 0.15) is 51.7 Å². The van der Waals surface area contributed by atoms with Crippen molar-refractivity contribution < 1.29 is 14.3 Å². The second-order valence-electron chi connectivity index (χ2n) is 10.4. The number of imidazole rings is 1. The van der Waals surface area contributed by atoms with Crippen LogP contribution in [-0.4, -0.2) is 33.3 Å². The van der Waals surface area contributed by atoms with Crippen molar-refractivity contribution in [2.45, 2.75) is 51.5 Å². The van der Waals surface area contributed by atoms with E-state index in [-0.39, 0.29) is 17.2 Å². The summed E-state index contributed by atoms with van der Waals surface area (Å²) in [7, 11) is 0. The van der Waals surface area contributed by atoms with Gasteiger partial charge in [0.25, 0.3) is 0 Å². The molecule has 3 N–H and O–H groups in total. The van der Waals surface area contributed by atoms with E-state index >= 15 is 0 Å². The number of fused-ring (bicyclic) bond motifs is 1. The zero-order valence-corrected chi connectivity index (χ0v) is 22.6. The highest BCUT2D eigenvalue weighted by atomic mass is 35.5. The Balaban J connectivity index is 1.33. The first-order valence-corrected chi connectivity index (χ1v) is 12.9. The average Bonchev–Trinajstić information content (AvgIpc) is 3.56. The molecular formula is C29H30ClN5O3. The fourth-order valence-corrected chi connectivity index (χ4v) is 4.96. The van der Waals surface area contributed by atoms with Gasteiger partial charge in [0.15, 0.2) is 5.65 Å². The van der Waals surface area contributed by atoms with E-state index in [1.807, 2.05) is 50.2 Å². The number of pyridine rings is 1. The van der Waals surface area contributed by atoms with Crippen LogP contribution in [0.3, 0.4) is 0 Å². The first-order valence-electron chi connectivity index (χ1n) is 12.5. The zero-order chi connectivity index (χ0) is 27.1. The van der Waals surface area contributed by atoms with Crippen LogP contribution >= 0.6 is 11.6 Å². The summed E-state index contributed by atoms with van der Waals surface area (Å²) in [6.45, 7) is 7.58. The number of hydrogen-bond acceptors (Lipinski definition) is 5. The highest BCUT2D eigenvalue weighted by Gasteiger charge is 2.44. The summed E-state index contributed by atoms with van der Waals surface area (Å²) in [5.74, 6) is 0.497. The Morgan fingerprint density at radius 1 is 1.03 bits per heavy atom. The average molecular weight is 532 g/mol. The standard InChI is InChI=1S/C29H30ClN5O3/c1-17(36)31-16-29(13-14-29)21-7-5-19(6-8-21)25-23(30)15-24-26(33-25)34-27(32-24)38-22-11-9-20(10-12-22)28(3,4)35-18(2)37/h5-12,15H,13-14,16H2,1-4H3,(H,31,36)(H,35,37)(H,32,33,34). The van der Waals surface area contributed by atoms with Crippen molar-refractivity contribution >= 4 is 34.6 Å². The smallest absolute Gasteiger partial charge is 0.301 e. The van der Waals surface area contributed by atoms with Gasteiger partial charge in [-0.3, -0.25) is 9.59 Å². The molecule has 2 amide bonds. The Labute approximate surface area is 226 Å². The Kier molecular flexibility index (Phi) is 6.61. The van der Waals surface area contributed by atoms with Crippen molar-refractivity contribution in [3.8, 4) is 23.0 Å². The summed E-state index contributed by atoms with van der Waals surface area (Å²) in [6.07, 6.45) is 2.12. The molecule has 0 spiro atoms. The number of H-pyrrole nitrogens is 1. The highest BCUT2D eigenvalue weighted by Crippen LogP contribution is 2.48. The Morgan fingerprint density at radius 3 is 2.32 bits per heavy atom. The second kappa shape index (κ2) is 9.76. The van der Waals surface area contributed by atoms with E-state index < -0.39 is 5.54 Å². The predicted octanol–water partition coefficient (Wildman–Crippen LogP) is 5.61. The molecule has 1 saturated carbocycles. The normalized spacial score (nSPS) is 14.2. The van der Waals surface area contributed by atoms with E-state index in [9.17, 15) is 9.59 Å². The third kappa shape index (κ3) is 5.36. The molecule has 1 aliphatic rings. The monoisotopic (exact) mass is 531 g/mol. The summed E-state index contributed by atoms with van der Waals surface area (Å²) in [5, 5.41) is 6.39. The number of rotatable bonds is 8. The van der Waals surface area contributed by atoms with E-state index in [2.05, 4.69) is 32.7 Å². The molecule has 4 aromatic rings. The molecule has 9 heteroatoms. The van der Waals surface area contributed by atoms with Crippen LogP contribution < -0.4 is 15.4 Å². The van der Waals surface area contributed by atoms with E-state index in [1.54, 1.807) is 13.0 Å². The number of hydrogen-bond donors (Lipinski definition) is 3. The van der Waals surface area contributed by atoms with Crippen LogP contribution in [0.4, 0.5) is 0 Å². The van der Waals surface area contributed by atoms with Gasteiger partial charge in [-0.05, 0) is 56.0 Å². The number of carbonyl (C=O) groups excluding carboxylic acids is 2. The highest BCUT2D eigenvalue weighted by molar-refractivity contribution is 6.33. The van der Waals surface area contributed by atoms with Gasteiger partial charge in [-0.25, -0.2) is 4.98 Å². The summed E-state index contributed by atoms with van der Waals surface area (Å²) in [5.41, 5.74) is 4.38. The summed E-state index contributed by atoms with van der Waals surface area (Å²) >= 11 is 6.60. The lowest BCUT2D eigenvalue weighted by Crippen LogP contribution is -2.39. The lowest BCUT2D eigenvalue weighted by molar-refractivity contribution is -0.121. The van der Waals surface area contributed by atoms with Crippen LogP contribution in [0.5, 0.6) is 11.8 Å². The van der Waals surface area contributed by atoms with Gasteiger partial charge >= 0.3 is 6.01 Å².